The summed E-state index contributed by atoms with van der Waals surface area (Å²) in [6, 6.07) is 0. The van der Waals surface area contributed by atoms with Crippen LogP contribution in [0.2, 0.25) is 0 Å². The molecule has 0 N–H and O–H groups in total. The minimum Gasteiger partial charge on any atom is -0.379 e. The lowest BCUT2D eigenvalue weighted by molar-refractivity contribution is -0.0250. The van der Waals surface area contributed by atoms with Gasteiger partial charge >= 0.3 is 0 Å². The number of ether oxygens (including phenoxy) is 9. The second-order valence-corrected chi connectivity index (χ2v) is 17.1. The van der Waals surface area contributed by atoms with Gasteiger partial charge in [-0.05, 0) is 12.8 Å². The van der Waals surface area contributed by atoms with Gasteiger partial charge in [-0.3, -0.25) is 0 Å². The largest absolute Gasteiger partial charge is 0.379 e. The quantitative estimate of drug-likeness (QED) is 0.0555. The van der Waals surface area contributed by atoms with Gasteiger partial charge in [0.15, 0.2) is 0 Å². The molecular formula is C52H106O9. The molecule has 0 rings (SSSR count). The van der Waals surface area contributed by atoms with E-state index in [2.05, 4.69) is 13.8 Å². The van der Waals surface area contributed by atoms with Crippen LogP contribution in [0.5, 0.6) is 0 Å². The third-order valence-electron chi connectivity index (χ3n) is 11.3. The highest BCUT2D eigenvalue weighted by molar-refractivity contribution is 4.52. The Morgan fingerprint density at radius 2 is 0.246 bits per heavy atom. The molecule has 0 saturated carbocycles. The van der Waals surface area contributed by atoms with Gasteiger partial charge in [-0.15, -0.1) is 0 Å². The van der Waals surface area contributed by atoms with E-state index in [-0.39, 0.29) is 0 Å². The van der Waals surface area contributed by atoms with E-state index < -0.39 is 0 Å². The monoisotopic (exact) mass is 875 g/mol. The molecule has 0 aliphatic rings. The zero-order chi connectivity index (χ0) is 43.7. The molecule has 0 bridgehead atoms. The normalized spacial score (nSPS) is 11.7. The molecule has 0 unspecified atom stereocenters. The molecule has 9 heteroatoms. The molecular weight excluding hydrogens is 769 g/mol. The van der Waals surface area contributed by atoms with Gasteiger partial charge in [0, 0.05) is 13.2 Å². The molecule has 0 atom stereocenters. The molecule has 0 aromatic heterocycles. The number of hydrogen-bond acceptors (Lipinski definition) is 9. The first-order valence-corrected chi connectivity index (χ1v) is 26.6. The molecule has 0 aromatic carbocycles. The van der Waals surface area contributed by atoms with Crippen LogP contribution >= 0.6 is 0 Å². The van der Waals surface area contributed by atoms with Crippen LogP contribution in [0, 0.1) is 0 Å². The molecule has 0 radical (unpaired) electrons. The Balaban J connectivity index is 3.06. The molecule has 0 aliphatic heterocycles. The van der Waals surface area contributed by atoms with Crippen LogP contribution in [0.4, 0.5) is 0 Å². The van der Waals surface area contributed by atoms with Gasteiger partial charge in [0.1, 0.15) is 0 Å². The van der Waals surface area contributed by atoms with Crippen LogP contribution in [-0.2, 0) is 42.6 Å². The molecule has 0 heterocycles. The Labute approximate surface area is 379 Å². The molecule has 61 heavy (non-hydrogen) atoms. The van der Waals surface area contributed by atoms with Gasteiger partial charge < -0.3 is 42.6 Å². The Bertz CT molecular complexity index is 673. The summed E-state index contributed by atoms with van der Waals surface area (Å²) >= 11 is 0. The third-order valence-corrected chi connectivity index (χ3v) is 11.3. The minimum atomic E-state index is 0.545. The van der Waals surface area contributed by atoms with Crippen molar-refractivity contribution in [1.82, 2.24) is 0 Å². The van der Waals surface area contributed by atoms with Crippen molar-refractivity contribution < 1.29 is 42.6 Å². The van der Waals surface area contributed by atoms with Gasteiger partial charge in [-0.25, -0.2) is 0 Å². The summed E-state index contributed by atoms with van der Waals surface area (Å²) in [4.78, 5) is 0. The fourth-order valence-electron chi connectivity index (χ4n) is 7.37. The van der Waals surface area contributed by atoms with Crippen molar-refractivity contribution in [2.75, 3.05) is 119 Å². The van der Waals surface area contributed by atoms with Crippen molar-refractivity contribution in [3.8, 4) is 0 Å². The Hall–Kier alpha value is -0.360. The van der Waals surface area contributed by atoms with E-state index in [1.807, 2.05) is 0 Å². The van der Waals surface area contributed by atoms with Crippen LogP contribution in [0.3, 0.4) is 0 Å². The second kappa shape index (κ2) is 59.6. The summed E-state index contributed by atoms with van der Waals surface area (Å²) in [6.07, 6.45) is 44.5. The van der Waals surface area contributed by atoms with Crippen LogP contribution in [-0.4, -0.2) is 119 Å². The summed E-state index contributed by atoms with van der Waals surface area (Å²) in [7, 11) is 0. The summed E-state index contributed by atoms with van der Waals surface area (Å²) in [5, 5.41) is 0. The minimum absolute atomic E-state index is 0.545. The van der Waals surface area contributed by atoms with E-state index in [1.54, 1.807) is 0 Å². The first kappa shape index (κ1) is 60.6. The number of hydrogen-bond donors (Lipinski definition) is 0. The lowest BCUT2D eigenvalue weighted by Crippen LogP contribution is -2.15. The van der Waals surface area contributed by atoms with Crippen molar-refractivity contribution in [1.29, 1.82) is 0 Å². The van der Waals surface area contributed by atoms with Crippen LogP contribution < -0.4 is 0 Å². The van der Waals surface area contributed by atoms with E-state index >= 15 is 0 Å². The molecule has 0 aliphatic carbocycles. The van der Waals surface area contributed by atoms with Crippen molar-refractivity contribution in [2.45, 2.75) is 219 Å². The molecule has 0 fully saturated rings. The van der Waals surface area contributed by atoms with Crippen molar-refractivity contribution >= 4 is 0 Å². The third kappa shape index (κ3) is 59.6. The van der Waals surface area contributed by atoms with Crippen LogP contribution in [0.1, 0.15) is 219 Å². The first-order chi connectivity index (χ1) is 30.4. The second-order valence-electron chi connectivity index (χ2n) is 17.1. The maximum absolute atomic E-state index is 5.71. The predicted octanol–water partition coefficient (Wildman–Crippen LogP) is 13.7. The lowest BCUT2D eigenvalue weighted by Gasteiger charge is -2.09. The molecule has 0 amide bonds. The number of rotatable bonds is 58. The van der Waals surface area contributed by atoms with E-state index in [0.717, 1.165) is 26.1 Å². The fraction of sp³-hybridized carbons (Fsp3) is 1.00. The number of unbranched alkanes of at least 4 members (excludes halogenated alkanes) is 30. The smallest absolute Gasteiger partial charge is 0.0701 e. The standard InChI is InChI=1S/C52H106O9/c1-3-5-7-9-11-13-15-17-19-21-23-25-27-29-31-33-35-53-37-39-55-41-43-57-45-47-59-49-51-61-52-50-60-48-46-58-44-42-56-40-38-54-36-34-32-30-28-26-24-22-20-18-16-14-12-10-8-6-4-2/h3-52H2,1-2H3. The molecule has 368 valence electrons. The van der Waals surface area contributed by atoms with Crippen LogP contribution in [0.15, 0.2) is 0 Å². The van der Waals surface area contributed by atoms with Gasteiger partial charge in [0.25, 0.3) is 0 Å². The highest BCUT2D eigenvalue weighted by Crippen LogP contribution is 2.15. The zero-order valence-corrected chi connectivity index (χ0v) is 41.0. The fourth-order valence-corrected chi connectivity index (χ4v) is 7.37. The summed E-state index contributed by atoms with van der Waals surface area (Å²) in [6.45, 7) is 15.5. The maximum Gasteiger partial charge on any atom is 0.0701 e. The van der Waals surface area contributed by atoms with E-state index in [9.17, 15) is 0 Å². The predicted molar refractivity (Wildman–Crippen MR) is 256 cm³/mol. The average molecular weight is 875 g/mol. The van der Waals surface area contributed by atoms with Crippen molar-refractivity contribution in [2.24, 2.45) is 0 Å². The van der Waals surface area contributed by atoms with Gasteiger partial charge in [0.2, 0.25) is 0 Å². The van der Waals surface area contributed by atoms with Crippen molar-refractivity contribution in [3.05, 3.63) is 0 Å². The van der Waals surface area contributed by atoms with Gasteiger partial charge in [-0.1, -0.05) is 206 Å². The summed E-state index contributed by atoms with van der Waals surface area (Å²) in [5.41, 5.74) is 0. The average Bonchev–Trinajstić information content (AvgIpc) is 3.27. The Morgan fingerprint density at radius 3 is 0.393 bits per heavy atom. The van der Waals surface area contributed by atoms with Crippen molar-refractivity contribution in [3.63, 3.8) is 0 Å². The highest BCUT2D eigenvalue weighted by Gasteiger charge is 1.99. The molecule has 0 aromatic rings. The molecule has 0 spiro atoms. The highest BCUT2D eigenvalue weighted by atomic mass is 16.6. The maximum atomic E-state index is 5.71. The Kier molecular flexibility index (Phi) is 59.3. The van der Waals surface area contributed by atoms with Gasteiger partial charge in [-0.2, -0.15) is 0 Å². The van der Waals surface area contributed by atoms with E-state index in [4.69, 9.17) is 42.6 Å². The van der Waals surface area contributed by atoms with Gasteiger partial charge in [0.05, 0.1) is 106 Å². The topological polar surface area (TPSA) is 83.1 Å². The van der Waals surface area contributed by atoms with E-state index in [1.165, 1.54) is 193 Å². The Morgan fingerprint density at radius 1 is 0.131 bits per heavy atom. The van der Waals surface area contributed by atoms with Crippen LogP contribution in [0.25, 0.3) is 0 Å². The van der Waals surface area contributed by atoms with E-state index in [0.29, 0.717) is 106 Å². The lowest BCUT2D eigenvalue weighted by atomic mass is 10.0. The zero-order valence-electron chi connectivity index (χ0n) is 41.0. The summed E-state index contributed by atoms with van der Waals surface area (Å²) < 4.78 is 50.4. The first-order valence-electron chi connectivity index (χ1n) is 26.6. The SMILES string of the molecule is CCCCCCCCCCCCCCCCCCOCCOCCOCCOCCOCCOCCOCCOCCOCCCCCCCCCCCCCCCCCC. The molecule has 0 saturated heterocycles. The molecule has 9 nitrogen and oxygen atoms in total. The summed E-state index contributed by atoms with van der Waals surface area (Å²) in [5.74, 6) is 0.